The van der Waals surface area contributed by atoms with Crippen LogP contribution in [0.2, 0.25) is 0 Å². The monoisotopic (exact) mass is 176 g/mol. The molecule has 66 valence electrons. The lowest BCUT2D eigenvalue weighted by atomic mass is 10.1. The molecule has 1 rings (SSSR count). The fourth-order valence-corrected chi connectivity index (χ4v) is 0.903. The average molecular weight is 176 g/mol. The molecule has 4 heteroatoms. The number of amides is 1. The summed E-state index contributed by atoms with van der Waals surface area (Å²) in [6.45, 7) is 0. The van der Waals surface area contributed by atoms with Crippen LogP contribution in [-0.4, -0.2) is 11.7 Å². The normalized spacial score (nSPS) is 9.23. The summed E-state index contributed by atoms with van der Waals surface area (Å²) in [4.78, 5) is 21.9. The predicted molar refractivity (Wildman–Crippen MR) is 45.5 cm³/mol. The van der Waals surface area contributed by atoms with Gasteiger partial charge in [0.15, 0.2) is 5.78 Å². The van der Waals surface area contributed by atoms with Crippen molar-refractivity contribution in [1.29, 1.82) is 5.53 Å². The Hall–Kier alpha value is -1.84. The molecule has 0 aliphatic heterocycles. The lowest BCUT2D eigenvalue weighted by Gasteiger charge is -1.95. The maximum atomic E-state index is 11.2. The Balaban J connectivity index is 2.70. The third-order valence-corrected chi connectivity index (χ3v) is 1.53. The molecule has 1 amide bonds. The molecule has 0 aliphatic carbocycles. The highest BCUT2D eigenvalue weighted by Gasteiger charge is 2.09. The van der Waals surface area contributed by atoms with Gasteiger partial charge in [-0.2, -0.15) is 0 Å². The van der Waals surface area contributed by atoms with Crippen LogP contribution >= 0.6 is 0 Å². The van der Waals surface area contributed by atoms with Crippen molar-refractivity contribution >= 4 is 11.7 Å². The van der Waals surface area contributed by atoms with Crippen LogP contribution in [0.15, 0.2) is 35.4 Å². The van der Waals surface area contributed by atoms with Crippen LogP contribution < -0.4 is 0 Å². The number of rotatable bonds is 3. The zero-order valence-electron chi connectivity index (χ0n) is 6.86. The molecular formula is C9H8N2O2. The molecular weight excluding hydrogens is 168 g/mol. The van der Waals surface area contributed by atoms with Gasteiger partial charge in [-0.25, -0.2) is 5.53 Å². The Morgan fingerprint density at radius 3 is 2.38 bits per heavy atom. The zero-order valence-corrected chi connectivity index (χ0v) is 6.86. The van der Waals surface area contributed by atoms with E-state index in [2.05, 4.69) is 5.11 Å². The predicted octanol–water partition coefficient (Wildman–Crippen LogP) is 1.82. The number of nitrogens with one attached hydrogen (secondary N) is 1. The maximum Gasteiger partial charge on any atom is 0.271 e. The van der Waals surface area contributed by atoms with Crippen LogP contribution in [0, 0.1) is 5.53 Å². The van der Waals surface area contributed by atoms with Crippen LogP contribution in [0.1, 0.15) is 16.8 Å². The van der Waals surface area contributed by atoms with Gasteiger partial charge in [-0.15, -0.1) is 5.11 Å². The van der Waals surface area contributed by atoms with E-state index in [-0.39, 0.29) is 12.2 Å². The van der Waals surface area contributed by atoms with Gasteiger partial charge in [0, 0.05) is 5.56 Å². The Kier molecular flexibility index (Phi) is 3.03. The number of hydrogen-bond donors (Lipinski definition) is 1. The van der Waals surface area contributed by atoms with Gasteiger partial charge < -0.3 is 0 Å². The second-order valence-electron chi connectivity index (χ2n) is 2.47. The minimum absolute atomic E-state index is 0.304. The molecule has 0 heterocycles. The molecule has 13 heavy (non-hydrogen) atoms. The van der Waals surface area contributed by atoms with Crippen LogP contribution in [0.5, 0.6) is 0 Å². The minimum atomic E-state index is -0.714. The Morgan fingerprint density at radius 2 is 1.85 bits per heavy atom. The first-order chi connectivity index (χ1) is 6.24. The number of carbonyl (C=O) groups excluding carboxylic acids is 2. The summed E-state index contributed by atoms with van der Waals surface area (Å²) < 4.78 is 0. The first kappa shape index (κ1) is 9.25. The van der Waals surface area contributed by atoms with E-state index < -0.39 is 5.91 Å². The summed E-state index contributed by atoms with van der Waals surface area (Å²) in [5.41, 5.74) is 6.86. The van der Waals surface area contributed by atoms with Crippen molar-refractivity contribution in [3.05, 3.63) is 35.9 Å². The van der Waals surface area contributed by atoms with E-state index in [0.717, 1.165) is 0 Å². The smallest absolute Gasteiger partial charge is 0.271 e. The summed E-state index contributed by atoms with van der Waals surface area (Å²) in [7, 11) is 0. The zero-order chi connectivity index (χ0) is 9.68. The molecule has 1 aromatic carbocycles. The van der Waals surface area contributed by atoms with Gasteiger partial charge in [0.1, 0.15) is 0 Å². The quantitative estimate of drug-likeness (QED) is 0.433. The highest BCUT2D eigenvalue weighted by molar-refractivity contribution is 6.07. The summed E-state index contributed by atoms with van der Waals surface area (Å²) in [6, 6.07) is 8.47. The van der Waals surface area contributed by atoms with Crippen molar-refractivity contribution < 1.29 is 9.59 Å². The van der Waals surface area contributed by atoms with Gasteiger partial charge in [-0.1, -0.05) is 30.3 Å². The average Bonchev–Trinajstić information content (AvgIpc) is 2.19. The van der Waals surface area contributed by atoms with E-state index in [1.807, 2.05) is 0 Å². The molecule has 0 saturated carbocycles. The highest BCUT2D eigenvalue weighted by Crippen LogP contribution is 2.03. The number of hydrogen-bond acceptors (Lipinski definition) is 3. The van der Waals surface area contributed by atoms with Crippen LogP contribution in [-0.2, 0) is 4.79 Å². The van der Waals surface area contributed by atoms with Crippen LogP contribution in [0.3, 0.4) is 0 Å². The lowest BCUT2D eigenvalue weighted by molar-refractivity contribution is -0.117. The third-order valence-electron chi connectivity index (χ3n) is 1.53. The molecule has 0 aromatic heterocycles. The fourth-order valence-electron chi connectivity index (χ4n) is 0.903. The van der Waals surface area contributed by atoms with Crippen molar-refractivity contribution in [2.45, 2.75) is 6.42 Å². The lowest BCUT2D eigenvalue weighted by Crippen LogP contribution is -2.04. The van der Waals surface area contributed by atoms with E-state index in [0.29, 0.717) is 5.56 Å². The first-order valence-corrected chi connectivity index (χ1v) is 3.72. The Morgan fingerprint density at radius 1 is 1.23 bits per heavy atom. The molecule has 0 atom stereocenters. The van der Waals surface area contributed by atoms with Crippen molar-refractivity contribution in [2.24, 2.45) is 5.11 Å². The SMILES string of the molecule is N=NC(=O)CC(=O)c1ccccc1. The van der Waals surface area contributed by atoms with Crippen molar-refractivity contribution in [3.8, 4) is 0 Å². The van der Waals surface area contributed by atoms with E-state index in [9.17, 15) is 9.59 Å². The van der Waals surface area contributed by atoms with Gasteiger partial charge in [0.2, 0.25) is 0 Å². The fraction of sp³-hybridized carbons (Fsp3) is 0.111. The Bertz CT molecular complexity index is 333. The molecule has 1 N–H and O–H groups in total. The molecule has 1 aromatic rings. The minimum Gasteiger partial charge on any atom is -0.294 e. The van der Waals surface area contributed by atoms with Gasteiger partial charge in [-0.05, 0) is 0 Å². The second kappa shape index (κ2) is 4.25. The molecule has 0 bridgehead atoms. The molecule has 0 aliphatic rings. The van der Waals surface area contributed by atoms with E-state index in [1.165, 1.54) is 0 Å². The summed E-state index contributed by atoms with van der Waals surface area (Å²) in [6.07, 6.45) is -0.326. The number of ketones is 1. The van der Waals surface area contributed by atoms with Gasteiger partial charge in [-0.3, -0.25) is 9.59 Å². The number of nitrogens with zero attached hydrogens (tertiary/aromatic N) is 1. The molecule has 0 spiro atoms. The van der Waals surface area contributed by atoms with E-state index >= 15 is 0 Å². The molecule has 0 saturated heterocycles. The topological polar surface area (TPSA) is 70.3 Å². The summed E-state index contributed by atoms with van der Waals surface area (Å²) in [5, 5.41) is 2.64. The standard InChI is InChI=1S/C9H8N2O2/c10-11-9(13)6-8(12)7-4-2-1-3-5-7/h1-5,10H,6H2. The van der Waals surface area contributed by atoms with Crippen molar-refractivity contribution in [3.63, 3.8) is 0 Å². The number of carbonyl (C=O) groups is 2. The third kappa shape index (κ3) is 2.59. The first-order valence-electron chi connectivity index (χ1n) is 3.72. The number of Topliss-reactive ketones (excluding diaryl/α,β-unsaturated/α-hetero) is 1. The summed E-state index contributed by atoms with van der Waals surface area (Å²) in [5.74, 6) is -1.02. The van der Waals surface area contributed by atoms with E-state index in [4.69, 9.17) is 5.53 Å². The second-order valence-corrected chi connectivity index (χ2v) is 2.47. The van der Waals surface area contributed by atoms with Crippen LogP contribution in [0.4, 0.5) is 0 Å². The molecule has 0 unspecified atom stereocenters. The molecule has 4 nitrogen and oxygen atoms in total. The van der Waals surface area contributed by atoms with Gasteiger partial charge in [0.25, 0.3) is 5.91 Å². The van der Waals surface area contributed by atoms with Crippen molar-refractivity contribution in [2.75, 3.05) is 0 Å². The maximum absolute atomic E-state index is 11.2. The number of benzene rings is 1. The largest absolute Gasteiger partial charge is 0.294 e. The van der Waals surface area contributed by atoms with Gasteiger partial charge in [0.05, 0.1) is 6.42 Å². The highest BCUT2D eigenvalue weighted by atomic mass is 16.2. The van der Waals surface area contributed by atoms with E-state index in [1.54, 1.807) is 30.3 Å². The Labute approximate surface area is 75.1 Å². The van der Waals surface area contributed by atoms with Crippen LogP contribution in [0.25, 0.3) is 0 Å². The molecule has 0 radical (unpaired) electrons. The summed E-state index contributed by atoms with van der Waals surface area (Å²) >= 11 is 0. The van der Waals surface area contributed by atoms with Gasteiger partial charge >= 0.3 is 0 Å². The van der Waals surface area contributed by atoms with Crippen molar-refractivity contribution in [1.82, 2.24) is 0 Å². The molecule has 0 fully saturated rings.